The van der Waals surface area contributed by atoms with E-state index in [0.29, 0.717) is 6.61 Å². The Hall–Kier alpha value is -2.57. The van der Waals surface area contributed by atoms with Crippen LogP contribution in [0.1, 0.15) is 19.4 Å². The Kier molecular flexibility index (Phi) is 8.11. The summed E-state index contributed by atoms with van der Waals surface area (Å²) >= 11 is 0. The lowest BCUT2D eigenvalue weighted by Crippen LogP contribution is -2.53. The average Bonchev–Trinajstić information content (AvgIpc) is 2.80. The third-order valence-electron chi connectivity index (χ3n) is 5.70. The van der Waals surface area contributed by atoms with Gasteiger partial charge in [0.2, 0.25) is 5.91 Å². The molecular formula is C24H33N3O3. The van der Waals surface area contributed by atoms with Gasteiger partial charge in [0, 0.05) is 38.4 Å². The summed E-state index contributed by atoms with van der Waals surface area (Å²) in [5.41, 5.74) is 2.13. The van der Waals surface area contributed by atoms with Crippen LogP contribution in [0, 0.1) is 0 Å². The topological polar surface area (TPSA) is 54.0 Å². The van der Waals surface area contributed by atoms with Crippen LogP contribution in [0.3, 0.4) is 0 Å². The van der Waals surface area contributed by atoms with Gasteiger partial charge in [0.1, 0.15) is 18.1 Å². The van der Waals surface area contributed by atoms with E-state index in [-0.39, 0.29) is 11.9 Å². The summed E-state index contributed by atoms with van der Waals surface area (Å²) in [6, 6.07) is 15.6. The van der Waals surface area contributed by atoms with E-state index >= 15 is 0 Å². The molecule has 0 saturated carbocycles. The minimum atomic E-state index is -0.145. The lowest BCUT2D eigenvalue weighted by molar-refractivity contribution is -0.121. The van der Waals surface area contributed by atoms with Crippen LogP contribution in [-0.2, 0) is 11.2 Å². The number of piperazine rings is 1. The van der Waals surface area contributed by atoms with E-state index in [1.54, 1.807) is 7.11 Å². The fraction of sp³-hybridized carbons (Fsp3) is 0.458. The van der Waals surface area contributed by atoms with Gasteiger partial charge in [0.05, 0.1) is 13.2 Å². The van der Waals surface area contributed by atoms with Gasteiger partial charge in [0.15, 0.2) is 0 Å². The molecule has 2 aromatic carbocycles. The molecule has 6 heteroatoms. The number of benzene rings is 2. The number of hydrogen-bond donors (Lipinski definition) is 1. The van der Waals surface area contributed by atoms with Crippen LogP contribution in [-0.4, -0.2) is 68.2 Å². The number of amides is 1. The highest BCUT2D eigenvalue weighted by Gasteiger charge is 2.25. The summed E-state index contributed by atoms with van der Waals surface area (Å²) < 4.78 is 11.0. The van der Waals surface area contributed by atoms with Gasteiger partial charge in [-0.1, -0.05) is 19.1 Å². The van der Waals surface area contributed by atoms with Crippen LogP contribution in [0.4, 0.5) is 5.69 Å². The van der Waals surface area contributed by atoms with Crippen molar-refractivity contribution in [3.05, 3.63) is 54.1 Å². The van der Waals surface area contributed by atoms with Crippen molar-refractivity contribution in [2.45, 2.75) is 26.3 Å². The number of anilines is 1. The molecule has 3 rings (SSSR count). The molecule has 1 aliphatic rings. The predicted molar refractivity (Wildman–Crippen MR) is 120 cm³/mol. The Morgan fingerprint density at radius 2 is 1.63 bits per heavy atom. The van der Waals surface area contributed by atoms with E-state index in [2.05, 4.69) is 34.2 Å². The van der Waals surface area contributed by atoms with Crippen molar-refractivity contribution in [2.24, 2.45) is 0 Å². The molecule has 1 heterocycles. The summed E-state index contributed by atoms with van der Waals surface area (Å²) in [4.78, 5) is 17.3. The molecule has 0 aromatic heterocycles. The SMILES string of the molecule is CCc1ccc(NC(=O)C(C)N2CCN(CCOc3ccc(OC)cc3)CC2)cc1. The Balaban J connectivity index is 1.37. The second kappa shape index (κ2) is 11.0. The van der Waals surface area contributed by atoms with Crippen molar-refractivity contribution in [3.63, 3.8) is 0 Å². The molecule has 6 nitrogen and oxygen atoms in total. The Labute approximate surface area is 179 Å². The third kappa shape index (κ3) is 6.21. The van der Waals surface area contributed by atoms with Crippen molar-refractivity contribution in [3.8, 4) is 11.5 Å². The van der Waals surface area contributed by atoms with Crippen LogP contribution in [0.5, 0.6) is 11.5 Å². The summed E-state index contributed by atoms with van der Waals surface area (Å²) in [5, 5.41) is 3.04. The van der Waals surface area contributed by atoms with Gasteiger partial charge < -0.3 is 14.8 Å². The summed E-state index contributed by atoms with van der Waals surface area (Å²) in [7, 11) is 1.66. The second-order valence-corrected chi connectivity index (χ2v) is 7.62. The maximum absolute atomic E-state index is 12.6. The van der Waals surface area contributed by atoms with Crippen molar-refractivity contribution < 1.29 is 14.3 Å². The van der Waals surface area contributed by atoms with Crippen LogP contribution in [0.2, 0.25) is 0 Å². The minimum absolute atomic E-state index is 0.0514. The molecule has 1 atom stereocenters. The molecular weight excluding hydrogens is 378 g/mol. The maximum atomic E-state index is 12.6. The number of methoxy groups -OCH3 is 1. The number of hydrogen-bond acceptors (Lipinski definition) is 5. The fourth-order valence-electron chi connectivity index (χ4n) is 3.58. The number of carbonyl (C=O) groups excluding carboxylic acids is 1. The van der Waals surface area contributed by atoms with E-state index in [4.69, 9.17) is 9.47 Å². The normalized spacial score (nSPS) is 16.1. The molecule has 0 bridgehead atoms. The van der Waals surface area contributed by atoms with E-state index in [1.807, 2.05) is 43.3 Å². The lowest BCUT2D eigenvalue weighted by atomic mass is 10.1. The van der Waals surface area contributed by atoms with Crippen molar-refractivity contribution in [1.82, 2.24) is 9.80 Å². The number of rotatable bonds is 9. The first-order valence-electron chi connectivity index (χ1n) is 10.7. The van der Waals surface area contributed by atoms with Crippen LogP contribution in [0.25, 0.3) is 0 Å². The molecule has 0 radical (unpaired) electrons. The smallest absolute Gasteiger partial charge is 0.241 e. The molecule has 1 amide bonds. The summed E-state index contributed by atoms with van der Waals surface area (Å²) in [5.74, 6) is 1.73. The van der Waals surface area contributed by atoms with E-state index in [0.717, 1.165) is 56.3 Å². The molecule has 2 aromatic rings. The van der Waals surface area contributed by atoms with Crippen molar-refractivity contribution >= 4 is 11.6 Å². The van der Waals surface area contributed by atoms with Crippen LogP contribution >= 0.6 is 0 Å². The largest absolute Gasteiger partial charge is 0.497 e. The van der Waals surface area contributed by atoms with Gasteiger partial charge in [-0.3, -0.25) is 14.6 Å². The number of carbonyl (C=O) groups is 1. The molecule has 1 fully saturated rings. The number of nitrogens with one attached hydrogen (secondary N) is 1. The molecule has 30 heavy (non-hydrogen) atoms. The van der Waals surface area contributed by atoms with Gasteiger partial charge in [-0.2, -0.15) is 0 Å². The highest BCUT2D eigenvalue weighted by Crippen LogP contribution is 2.17. The van der Waals surface area contributed by atoms with Crippen LogP contribution < -0.4 is 14.8 Å². The van der Waals surface area contributed by atoms with Crippen molar-refractivity contribution in [2.75, 3.05) is 51.8 Å². The van der Waals surface area contributed by atoms with E-state index in [9.17, 15) is 4.79 Å². The lowest BCUT2D eigenvalue weighted by Gasteiger charge is -2.37. The van der Waals surface area contributed by atoms with Gasteiger partial charge >= 0.3 is 0 Å². The molecule has 1 unspecified atom stereocenters. The van der Waals surface area contributed by atoms with E-state index in [1.165, 1.54) is 5.56 Å². The zero-order valence-corrected chi connectivity index (χ0v) is 18.3. The van der Waals surface area contributed by atoms with Gasteiger partial charge in [-0.25, -0.2) is 0 Å². The molecule has 162 valence electrons. The first-order valence-corrected chi connectivity index (χ1v) is 10.7. The first-order chi connectivity index (χ1) is 14.6. The average molecular weight is 412 g/mol. The summed E-state index contributed by atoms with van der Waals surface area (Å²) in [6.07, 6.45) is 1.00. The summed E-state index contributed by atoms with van der Waals surface area (Å²) in [6.45, 7) is 9.28. The predicted octanol–water partition coefficient (Wildman–Crippen LogP) is 3.28. The van der Waals surface area contributed by atoms with Gasteiger partial charge in [0.25, 0.3) is 0 Å². The fourth-order valence-corrected chi connectivity index (χ4v) is 3.58. The number of ether oxygens (including phenoxy) is 2. The molecule has 0 aliphatic carbocycles. The number of nitrogens with zero attached hydrogens (tertiary/aromatic N) is 2. The highest BCUT2D eigenvalue weighted by atomic mass is 16.5. The number of aryl methyl sites for hydroxylation is 1. The maximum Gasteiger partial charge on any atom is 0.241 e. The Bertz CT molecular complexity index is 784. The third-order valence-corrected chi connectivity index (χ3v) is 5.70. The van der Waals surface area contributed by atoms with Crippen molar-refractivity contribution in [1.29, 1.82) is 0 Å². The molecule has 1 saturated heterocycles. The quantitative estimate of drug-likeness (QED) is 0.686. The Morgan fingerprint density at radius 3 is 2.23 bits per heavy atom. The first kappa shape index (κ1) is 22.1. The molecule has 0 spiro atoms. The molecule has 1 N–H and O–H groups in total. The standard InChI is InChI=1S/C24H33N3O3/c1-4-20-5-7-21(8-6-20)25-24(28)19(2)27-15-13-26(14-16-27)17-18-30-23-11-9-22(29-3)10-12-23/h5-12,19H,4,13-18H2,1-3H3,(H,25,28). The zero-order chi connectivity index (χ0) is 21.3. The van der Waals surface area contributed by atoms with Crippen LogP contribution in [0.15, 0.2) is 48.5 Å². The molecule has 1 aliphatic heterocycles. The monoisotopic (exact) mass is 411 g/mol. The van der Waals surface area contributed by atoms with Gasteiger partial charge in [-0.05, 0) is 55.3 Å². The minimum Gasteiger partial charge on any atom is -0.497 e. The highest BCUT2D eigenvalue weighted by molar-refractivity contribution is 5.94. The zero-order valence-electron chi connectivity index (χ0n) is 18.3. The second-order valence-electron chi connectivity index (χ2n) is 7.62. The van der Waals surface area contributed by atoms with Gasteiger partial charge in [-0.15, -0.1) is 0 Å². The van der Waals surface area contributed by atoms with E-state index < -0.39 is 0 Å². The Morgan fingerprint density at radius 1 is 1.00 bits per heavy atom.